The van der Waals surface area contributed by atoms with Crippen molar-refractivity contribution < 1.29 is 13.9 Å². The Morgan fingerprint density at radius 3 is 2.67 bits per heavy atom. The van der Waals surface area contributed by atoms with Crippen LogP contribution in [-0.2, 0) is 9.53 Å². The summed E-state index contributed by atoms with van der Waals surface area (Å²) in [6.45, 7) is 3.59. The fourth-order valence-electron chi connectivity index (χ4n) is 1.47. The number of hydrogen-bond donors (Lipinski definition) is 1. The molecule has 0 heterocycles. The molecule has 24 heavy (non-hydrogen) atoms. The highest BCUT2D eigenvalue weighted by molar-refractivity contribution is 8.13. The number of rotatable bonds is 5. The third kappa shape index (κ3) is 6.22. The average molecular weight is 348 g/mol. The number of benzene rings is 1. The Morgan fingerprint density at radius 1 is 1.46 bits per heavy atom. The highest BCUT2D eigenvalue weighted by Crippen LogP contribution is 2.05. The zero-order valence-corrected chi connectivity index (χ0v) is 14.4. The summed E-state index contributed by atoms with van der Waals surface area (Å²) in [4.78, 5) is 15.5. The van der Waals surface area contributed by atoms with Crippen molar-refractivity contribution in [1.82, 2.24) is 5.43 Å². The van der Waals surface area contributed by atoms with Crippen LogP contribution in [-0.4, -0.2) is 29.7 Å². The first-order valence-electron chi connectivity index (χ1n) is 6.97. The molecule has 0 bridgehead atoms. The van der Waals surface area contributed by atoms with Crippen molar-refractivity contribution in [3.63, 3.8) is 0 Å². The fraction of sp³-hybridized carbons (Fsp3) is 0.250. The Balaban J connectivity index is 2.86. The smallest absolute Gasteiger partial charge is 0.350 e. The molecule has 1 N–H and O–H groups in total. The molecule has 0 atom stereocenters. The number of hydrazone groups is 1. The first kappa shape index (κ1) is 19.4. The Hall–Kier alpha value is -2.66. The minimum atomic E-state index is -0.727. The third-order valence-corrected chi connectivity index (χ3v) is 3.28. The SMILES string of the molecule is CCOC(=O)/C(C#N)=C/N=C(N/N=C(/C)c1ccc(F)cc1)SC. The molecule has 0 saturated carbocycles. The van der Waals surface area contributed by atoms with Gasteiger partial charge in [-0.1, -0.05) is 23.9 Å². The van der Waals surface area contributed by atoms with Gasteiger partial charge in [0.25, 0.3) is 0 Å². The molecule has 0 spiro atoms. The molecule has 0 aliphatic carbocycles. The van der Waals surface area contributed by atoms with Crippen LogP contribution in [0.15, 0.2) is 46.1 Å². The van der Waals surface area contributed by atoms with Gasteiger partial charge in [-0.3, -0.25) is 5.43 Å². The zero-order chi connectivity index (χ0) is 17.9. The largest absolute Gasteiger partial charge is 0.462 e. The zero-order valence-electron chi connectivity index (χ0n) is 13.5. The van der Waals surface area contributed by atoms with E-state index in [0.717, 1.165) is 11.8 Å². The number of carbonyl (C=O) groups excluding carboxylic acids is 1. The summed E-state index contributed by atoms with van der Waals surface area (Å²) in [5.41, 5.74) is 3.91. The van der Waals surface area contributed by atoms with Gasteiger partial charge in [0, 0.05) is 0 Å². The predicted octanol–water partition coefficient (Wildman–Crippen LogP) is 2.83. The van der Waals surface area contributed by atoms with E-state index in [2.05, 4.69) is 15.5 Å². The van der Waals surface area contributed by atoms with Crippen LogP contribution >= 0.6 is 11.8 Å². The number of nitriles is 1. The summed E-state index contributed by atoms with van der Waals surface area (Å²) in [6.07, 6.45) is 2.89. The van der Waals surface area contributed by atoms with Crippen LogP contribution in [0.1, 0.15) is 19.4 Å². The highest BCUT2D eigenvalue weighted by Gasteiger charge is 2.09. The molecule has 126 valence electrons. The second-order valence-electron chi connectivity index (χ2n) is 4.33. The third-order valence-electron chi connectivity index (χ3n) is 2.70. The normalized spacial score (nSPS) is 12.5. The first-order chi connectivity index (χ1) is 11.5. The van der Waals surface area contributed by atoms with Crippen LogP contribution in [0.4, 0.5) is 4.39 Å². The molecule has 1 aromatic carbocycles. The van der Waals surface area contributed by atoms with Crippen LogP contribution in [0.5, 0.6) is 0 Å². The summed E-state index contributed by atoms with van der Waals surface area (Å²) < 4.78 is 17.6. The lowest BCUT2D eigenvalue weighted by molar-refractivity contribution is -0.138. The number of esters is 1. The minimum Gasteiger partial charge on any atom is -0.462 e. The quantitative estimate of drug-likeness (QED) is 0.221. The maximum atomic E-state index is 12.9. The molecule has 0 amide bonds. The highest BCUT2D eigenvalue weighted by atomic mass is 32.2. The van der Waals surface area contributed by atoms with Gasteiger partial charge in [0.2, 0.25) is 0 Å². The first-order valence-corrected chi connectivity index (χ1v) is 8.19. The van der Waals surface area contributed by atoms with Crippen molar-refractivity contribution in [3.05, 3.63) is 47.4 Å². The van der Waals surface area contributed by atoms with Crippen LogP contribution in [0.25, 0.3) is 0 Å². The molecule has 0 fully saturated rings. The standard InChI is InChI=1S/C16H17FN4O2S/c1-4-23-15(22)13(9-18)10-19-16(24-3)21-20-11(2)12-5-7-14(17)8-6-12/h5-8,10H,4H2,1-3H3,(H,19,21)/b13-10+,20-11-. The van der Waals surface area contributed by atoms with E-state index in [9.17, 15) is 9.18 Å². The van der Waals surface area contributed by atoms with Gasteiger partial charge in [0.1, 0.15) is 11.9 Å². The number of halogens is 1. The van der Waals surface area contributed by atoms with E-state index in [0.29, 0.717) is 10.9 Å². The molecule has 0 aromatic heterocycles. The summed E-state index contributed by atoms with van der Waals surface area (Å²) in [5, 5.41) is 13.5. The fourth-order valence-corrected chi connectivity index (χ4v) is 1.77. The summed E-state index contributed by atoms with van der Waals surface area (Å²) >= 11 is 1.25. The van der Waals surface area contributed by atoms with Crippen LogP contribution in [0.2, 0.25) is 0 Å². The van der Waals surface area contributed by atoms with Crippen LogP contribution < -0.4 is 5.43 Å². The number of carbonyl (C=O) groups is 1. The van der Waals surface area contributed by atoms with Crippen molar-refractivity contribution in [2.45, 2.75) is 13.8 Å². The van der Waals surface area contributed by atoms with Crippen molar-refractivity contribution in [2.24, 2.45) is 10.1 Å². The van der Waals surface area contributed by atoms with Gasteiger partial charge in [0.05, 0.1) is 18.5 Å². The van der Waals surface area contributed by atoms with E-state index in [-0.39, 0.29) is 18.0 Å². The summed E-state index contributed by atoms with van der Waals surface area (Å²) in [6, 6.07) is 7.65. The van der Waals surface area contributed by atoms with Gasteiger partial charge in [-0.2, -0.15) is 10.4 Å². The monoisotopic (exact) mass is 348 g/mol. The van der Waals surface area contributed by atoms with E-state index in [1.807, 2.05) is 0 Å². The number of hydrogen-bond acceptors (Lipinski definition) is 6. The van der Waals surface area contributed by atoms with E-state index in [4.69, 9.17) is 10.00 Å². The lowest BCUT2D eigenvalue weighted by Gasteiger charge is -2.04. The Morgan fingerprint density at radius 2 is 2.12 bits per heavy atom. The average Bonchev–Trinajstić information content (AvgIpc) is 2.58. The Bertz CT molecular complexity index is 706. The molecular weight excluding hydrogens is 331 g/mol. The van der Waals surface area contributed by atoms with Crippen molar-refractivity contribution >= 4 is 28.6 Å². The number of nitrogens with one attached hydrogen (secondary N) is 1. The summed E-state index contributed by atoms with van der Waals surface area (Å²) in [5.74, 6) is -1.05. The van der Waals surface area contributed by atoms with Crippen molar-refractivity contribution in [3.8, 4) is 6.07 Å². The van der Waals surface area contributed by atoms with E-state index in [1.165, 1.54) is 23.9 Å². The van der Waals surface area contributed by atoms with Crippen molar-refractivity contribution in [1.29, 1.82) is 5.26 Å². The Labute approximate surface area is 144 Å². The molecule has 6 nitrogen and oxygen atoms in total. The van der Waals surface area contributed by atoms with E-state index in [1.54, 1.807) is 38.3 Å². The molecular formula is C16H17FN4O2S. The number of nitrogens with zero attached hydrogens (tertiary/aromatic N) is 3. The molecule has 0 unspecified atom stereocenters. The summed E-state index contributed by atoms with van der Waals surface area (Å²) in [7, 11) is 0. The maximum absolute atomic E-state index is 12.9. The van der Waals surface area contributed by atoms with Crippen LogP contribution in [0, 0.1) is 17.1 Å². The molecule has 0 saturated heterocycles. The lowest BCUT2D eigenvalue weighted by atomic mass is 10.1. The number of ether oxygens (including phenoxy) is 1. The van der Waals surface area contributed by atoms with Gasteiger partial charge in [0.15, 0.2) is 10.7 Å². The van der Waals surface area contributed by atoms with Crippen molar-refractivity contribution in [2.75, 3.05) is 12.9 Å². The second kappa shape index (κ2) is 10.2. The van der Waals surface area contributed by atoms with Crippen LogP contribution in [0.3, 0.4) is 0 Å². The second-order valence-corrected chi connectivity index (χ2v) is 5.12. The molecule has 1 aromatic rings. The topological polar surface area (TPSA) is 86.8 Å². The van der Waals surface area contributed by atoms with Gasteiger partial charge in [-0.15, -0.1) is 0 Å². The molecule has 0 aliphatic heterocycles. The molecule has 0 aliphatic rings. The lowest BCUT2D eigenvalue weighted by Crippen LogP contribution is -2.16. The molecule has 8 heteroatoms. The number of thioether (sulfide) groups is 1. The molecule has 0 radical (unpaired) electrons. The number of aliphatic imine (C=N–C) groups is 1. The van der Waals surface area contributed by atoms with Gasteiger partial charge in [-0.25, -0.2) is 14.2 Å². The van der Waals surface area contributed by atoms with Gasteiger partial charge < -0.3 is 4.74 Å². The van der Waals surface area contributed by atoms with E-state index < -0.39 is 5.97 Å². The van der Waals surface area contributed by atoms with Gasteiger partial charge >= 0.3 is 5.97 Å². The molecule has 1 rings (SSSR count). The Kier molecular flexibility index (Phi) is 8.22. The minimum absolute atomic E-state index is 0.177. The van der Waals surface area contributed by atoms with Gasteiger partial charge in [-0.05, 0) is 37.8 Å². The maximum Gasteiger partial charge on any atom is 0.350 e. The van der Waals surface area contributed by atoms with E-state index >= 15 is 0 Å². The predicted molar refractivity (Wildman–Crippen MR) is 93.0 cm³/mol. The number of amidine groups is 1.